The van der Waals surface area contributed by atoms with Gasteiger partial charge in [0, 0.05) is 5.41 Å². The molecule has 0 bridgehead atoms. The van der Waals surface area contributed by atoms with Crippen molar-refractivity contribution in [1.82, 2.24) is 0 Å². The zero-order valence-corrected chi connectivity index (χ0v) is 11.5. The minimum Gasteiger partial charge on any atom is -0.465 e. The Morgan fingerprint density at radius 3 is 0.905 bits per heavy atom. The van der Waals surface area contributed by atoms with Gasteiger partial charge in [-0.1, -0.05) is 6.92 Å². The van der Waals surface area contributed by atoms with Crippen LogP contribution in [0.25, 0.3) is 0 Å². The van der Waals surface area contributed by atoms with E-state index in [2.05, 4.69) is 17.2 Å². The van der Waals surface area contributed by atoms with Crippen LogP contribution < -0.4 is 17.2 Å². The predicted octanol–water partition coefficient (Wildman–Crippen LogP) is -1.77. The first kappa shape index (κ1) is 27.1. The third-order valence-corrected chi connectivity index (χ3v) is 1.76. The number of hydrogen-bond donors (Lipinski definition) is 9. The van der Waals surface area contributed by atoms with Crippen molar-refractivity contribution in [2.24, 2.45) is 22.6 Å². The summed E-state index contributed by atoms with van der Waals surface area (Å²) in [4.78, 5) is 26.3. The smallest absolute Gasteiger partial charge is 0.402 e. The number of carbonyl (C=O) groups is 3. The maximum absolute atomic E-state index is 8.78. The number of aliphatic hydroxyl groups excluding tert-OH is 3. The maximum Gasteiger partial charge on any atom is 0.402 e. The Hall–Kier alpha value is -2.31. The van der Waals surface area contributed by atoms with E-state index in [1.165, 1.54) is 0 Å². The molecule has 0 aromatic carbocycles. The van der Waals surface area contributed by atoms with Gasteiger partial charge in [-0.15, -0.1) is 0 Å². The van der Waals surface area contributed by atoms with Gasteiger partial charge >= 0.3 is 18.3 Å². The second-order valence-corrected chi connectivity index (χ2v) is 3.34. The van der Waals surface area contributed by atoms with Crippen LogP contribution in [0.15, 0.2) is 0 Å². The standard InChI is InChI=1S/C6H14O3.3CH3NO2/c1-2-6(3-7,4-8)5-9;3*2-1(3)4/h7-9H,2-5H2,1H3;3*2H2,(H,3,4). The Morgan fingerprint density at radius 1 is 0.762 bits per heavy atom. The van der Waals surface area contributed by atoms with E-state index >= 15 is 0 Å². The fraction of sp³-hybridized carbons (Fsp3) is 0.667. The number of aliphatic hydroxyl groups is 3. The monoisotopic (exact) mass is 317 g/mol. The Morgan fingerprint density at radius 2 is 0.905 bits per heavy atom. The van der Waals surface area contributed by atoms with E-state index in [1.807, 2.05) is 6.92 Å². The van der Waals surface area contributed by atoms with E-state index in [9.17, 15) is 0 Å². The molecule has 12 heteroatoms. The molecule has 0 aliphatic heterocycles. The Bertz CT molecular complexity index is 224. The minimum atomic E-state index is -1.33. The average molecular weight is 317 g/mol. The molecular formula is C9H23N3O9. The summed E-state index contributed by atoms with van der Waals surface area (Å²) in [5, 5.41) is 47.6. The van der Waals surface area contributed by atoms with E-state index in [0.29, 0.717) is 6.42 Å². The Kier molecular flexibility index (Phi) is 22.8. The van der Waals surface area contributed by atoms with Gasteiger partial charge in [0.1, 0.15) is 0 Å². The van der Waals surface area contributed by atoms with Crippen LogP contribution in [0.2, 0.25) is 0 Å². The molecule has 0 aromatic rings. The average Bonchev–Trinajstić information content (AvgIpc) is 2.30. The van der Waals surface area contributed by atoms with Crippen molar-refractivity contribution in [2.45, 2.75) is 13.3 Å². The third-order valence-electron chi connectivity index (χ3n) is 1.76. The van der Waals surface area contributed by atoms with Crippen LogP contribution in [0.4, 0.5) is 14.4 Å². The molecule has 0 heterocycles. The van der Waals surface area contributed by atoms with Crippen molar-refractivity contribution in [3.63, 3.8) is 0 Å². The molecule has 0 saturated carbocycles. The summed E-state index contributed by atoms with van der Waals surface area (Å²) in [6.45, 7) is 1.35. The molecule has 0 aliphatic carbocycles. The van der Waals surface area contributed by atoms with Crippen LogP contribution in [-0.2, 0) is 0 Å². The topological polar surface area (TPSA) is 251 Å². The lowest BCUT2D eigenvalue weighted by Crippen LogP contribution is -2.32. The predicted molar refractivity (Wildman–Crippen MR) is 70.6 cm³/mol. The summed E-state index contributed by atoms with van der Waals surface area (Å²) in [5.41, 5.74) is 11.4. The number of amides is 3. The van der Waals surface area contributed by atoms with Crippen LogP contribution in [0.3, 0.4) is 0 Å². The molecule has 0 atom stereocenters. The van der Waals surface area contributed by atoms with Gasteiger partial charge in [-0.2, -0.15) is 0 Å². The van der Waals surface area contributed by atoms with E-state index in [-0.39, 0.29) is 19.8 Å². The van der Waals surface area contributed by atoms with Gasteiger partial charge in [-0.3, -0.25) is 0 Å². The summed E-state index contributed by atoms with van der Waals surface area (Å²) < 4.78 is 0. The molecule has 0 saturated heterocycles. The van der Waals surface area contributed by atoms with Crippen LogP contribution in [0.1, 0.15) is 13.3 Å². The molecule has 0 unspecified atom stereocenters. The van der Waals surface area contributed by atoms with Crippen molar-refractivity contribution in [3.05, 3.63) is 0 Å². The summed E-state index contributed by atoms with van der Waals surface area (Å²) >= 11 is 0. The zero-order chi connectivity index (χ0) is 18.1. The van der Waals surface area contributed by atoms with Crippen molar-refractivity contribution in [1.29, 1.82) is 0 Å². The summed E-state index contributed by atoms with van der Waals surface area (Å²) in [6.07, 6.45) is -3.41. The van der Waals surface area contributed by atoms with Crippen molar-refractivity contribution in [3.8, 4) is 0 Å². The van der Waals surface area contributed by atoms with Gasteiger partial charge in [-0.05, 0) is 6.42 Å². The fourth-order valence-electron chi connectivity index (χ4n) is 0.485. The van der Waals surface area contributed by atoms with Crippen LogP contribution >= 0.6 is 0 Å². The molecule has 0 fully saturated rings. The van der Waals surface area contributed by atoms with Crippen molar-refractivity contribution >= 4 is 18.3 Å². The summed E-state index contributed by atoms with van der Waals surface area (Å²) in [7, 11) is 0. The first-order valence-electron chi connectivity index (χ1n) is 5.22. The molecular weight excluding hydrogens is 294 g/mol. The fourth-order valence-corrected chi connectivity index (χ4v) is 0.485. The zero-order valence-electron chi connectivity index (χ0n) is 11.5. The Labute approximate surface area is 120 Å². The number of carboxylic acid groups (broad SMARTS) is 3. The van der Waals surface area contributed by atoms with E-state index < -0.39 is 23.7 Å². The van der Waals surface area contributed by atoms with E-state index in [0.717, 1.165) is 0 Å². The van der Waals surface area contributed by atoms with Gasteiger partial charge < -0.3 is 47.8 Å². The van der Waals surface area contributed by atoms with Gasteiger partial charge in [0.2, 0.25) is 0 Å². The lowest BCUT2D eigenvalue weighted by molar-refractivity contribution is 0.00304. The largest absolute Gasteiger partial charge is 0.465 e. The minimum absolute atomic E-state index is 0.156. The van der Waals surface area contributed by atoms with E-state index in [1.54, 1.807) is 0 Å². The first-order valence-corrected chi connectivity index (χ1v) is 5.22. The second-order valence-electron chi connectivity index (χ2n) is 3.34. The molecule has 21 heavy (non-hydrogen) atoms. The first-order chi connectivity index (χ1) is 9.44. The highest BCUT2D eigenvalue weighted by molar-refractivity contribution is 5.62. The molecule has 128 valence electrons. The number of primary amides is 3. The second kappa shape index (κ2) is 17.7. The highest BCUT2D eigenvalue weighted by atomic mass is 16.4. The van der Waals surface area contributed by atoms with Gasteiger partial charge in [0.15, 0.2) is 0 Å². The molecule has 0 rings (SSSR count). The molecule has 12 nitrogen and oxygen atoms in total. The molecule has 12 N–H and O–H groups in total. The van der Waals surface area contributed by atoms with Crippen molar-refractivity contribution in [2.75, 3.05) is 19.8 Å². The molecule has 0 radical (unpaired) electrons. The SMILES string of the molecule is CCC(CO)(CO)CO.NC(=O)O.NC(=O)O.NC(=O)O. The Balaban J connectivity index is -0.000000102. The van der Waals surface area contributed by atoms with Gasteiger partial charge in [0.05, 0.1) is 19.8 Å². The highest BCUT2D eigenvalue weighted by Gasteiger charge is 2.24. The lowest BCUT2D eigenvalue weighted by atomic mass is 9.88. The number of rotatable bonds is 4. The lowest BCUT2D eigenvalue weighted by Gasteiger charge is -2.24. The van der Waals surface area contributed by atoms with Crippen LogP contribution in [0, 0.1) is 5.41 Å². The molecule has 0 aromatic heterocycles. The third kappa shape index (κ3) is 46.4. The normalized spacial score (nSPS) is 8.57. The van der Waals surface area contributed by atoms with E-state index in [4.69, 9.17) is 45.0 Å². The van der Waals surface area contributed by atoms with Crippen molar-refractivity contribution < 1.29 is 45.0 Å². The molecule has 0 aliphatic rings. The van der Waals surface area contributed by atoms with Gasteiger partial charge in [-0.25, -0.2) is 14.4 Å². The highest BCUT2D eigenvalue weighted by Crippen LogP contribution is 2.18. The summed E-state index contributed by atoms with van der Waals surface area (Å²) in [5.74, 6) is 0. The quantitative estimate of drug-likeness (QED) is 0.284. The maximum atomic E-state index is 8.78. The van der Waals surface area contributed by atoms with Crippen LogP contribution in [0.5, 0.6) is 0 Å². The summed E-state index contributed by atoms with van der Waals surface area (Å²) in [6, 6.07) is 0. The number of hydrogen-bond acceptors (Lipinski definition) is 6. The van der Waals surface area contributed by atoms with Crippen LogP contribution in [-0.4, -0.2) is 68.7 Å². The molecule has 0 spiro atoms. The molecule has 3 amide bonds. The number of nitrogens with two attached hydrogens (primary N) is 3. The van der Waals surface area contributed by atoms with Gasteiger partial charge in [0.25, 0.3) is 0 Å².